The van der Waals surface area contributed by atoms with Crippen LogP contribution in [0.5, 0.6) is 5.75 Å². The van der Waals surface area contributed by atoms with Crippen LogP contribution in [0.25, 0.3) is 0 Å². The van der Waals surface area contributed by atoms with Gasteiger partial charge in [0.25, 0.3) is 5.69 Å². The third-order valence-electron chi connectivity index (χ3n) is 2.68. The quantitative estimate of drug-likeness (QED) is 0.666. The zero-order valence-corrected chi connectivity index (χ0v) is 10.1. The fourth-order valence-corrected chi connectivity index (χ4v) is 1.72. The van der Waals surface area contributed by atoms with Gasteiger partial charge >= 0.3 is 0 Å². The van der Waals surface area contributed by atoms with Gasteiger partial charge in [0.1, 0.15) is 17.3 Å². The highest BCUT2D eigenvalue weighted by Gasteiger charge is 2.20. The van der Waals surface area contributed by atoms with Crippen LogP contribution < -0.4 is 5.32 Å². The lowest BCUT2D eigenvalue weighted by Crippen LogP contribution is -2.05. The van der Waals surface area contributed by atoms with Gasteiger partial charge in [0.2, 0.25) is 0 Å². The highest BCUT2D eigenvalue weighted by Crippen LogP contribution is 2.29. The monoisotopic (exact) mass is 280 g/mol. The zero-order valence-electron chi connectivity index (χ0n) is 10.1. The minimum Gasteiger partial charge on any atom is -0.508 e. The largest absolute Gasteiger partial charge is 0.508 e. The molecular formula is C13H10F2N2O3. The molecule has 0 aliphatic heterocycles. The summed E-state index contributed by atoms with van der Waals surface area (Å²) >= 11 is 0. The highest BCUT2D eigenvalue weighted by atomic mass is 19.1. The fourth-order valence-electron chi connectivity index (χ4n) is 1.72. The van der Waals surface area contributed by atoms with Gasteiger partial charge in [-0.2, -0.15) is 0 Å². The summed E-state index contributed by atoms with van der Waals surface area (Å²) < 4.78 is 26.6. The van der Waals surface area contributed by atoms with E-state index < -0.39 is 27.9 Å². The highest BCUT2D eigenvalue weighted by molar-refractivity contribution is 5.62. The Bertz CT molecular complexity index is 662. The standard InChI is InChI=1S/C13H10F2N2O3/c14-9-5-10(15)13(11(6-9)17(19)20)16-7-8-3-1-2-4-12(8)18/h1-6,16,18H,7H2. The fraction of sp³-hybridized carbons (Fsp3) is 0.0769. The number of hydrogen-bond acceptors (Lipinski definition) is 4. The molecular weight excluding hydrogens is 270 g/mol. The Morgan fingerprint density at radius 3 is 2.60 bits per heavy atom. The molecule has 0 bridgehead atoms. The normalized spacial score (nSPS) is 10.3. The zero-order chi connectivity index (χ0) is 14.7. The average Bonchev–Trinajstić information content (AvgIpc) is 2.38. The molecule has 0 aliphatic carbocycles. The molecule has 2 aromatic carbocycles. The molecule has 2 N–H and O–H groups in total. The number of anilines is 1. The van der Waals surface area contributed by atoms with Gasteiger partial charge in [-0.15, -0.1) is 0 Å². The molecule has 0 radical (unpaired) electrons. The van der Waals surface area contributed by atoms with Crippen LogP contribution >= 0.6 is 0 Å². The van der Waals surface area contributed by atoms with Crippen molar-refractivity contribution in [3.8, 4) is 5.75 Å². The van der Waals surface area contributed by atoms with Gasteiger partial charge in [0.05, 0.1) is 11.0 Å². The van der Waals surface area contributed by atoms with Crippen molar-refractivity contribution in [2.24, 2.45) is 0 Å². The predicted molar refractivity (Wildman–Crippen MR) is 68.4 cm³/mol. The number of rotatable bonds is 4. The number of phenols is 1. The van der Waals surface area contributed by atoms with Crippen molar-refractivity contribution in [1.82, 2.24) is 0 Å². The van der Waals surface area contributed by atoms with Crippen LogP contribution in [-0.2, 0) is 6.54 Å². The average molecular weight is 280 g/mol. The number of phenolic OH excluding ortho intramolecular Hbond substituents is 1. The van der Waals surface area contributed by atoms with E-state index in [0.29, 0.717) is 17.7 Å². The number of benzene rings is 2. The Labute approximate surface area is 112 Å². The van der Waals surface area contributed by atoms with E-state index in [2.05, 4.69) is 5.32 Å². The van der Waals surface area contributed by atoms with Gasteiger partial charge in [0, 0.05) is 18.2 Å². The van der Waals surface area contributed by atoms with Crippen molar-refractivity contribution in [3.05, 3.63) is 63.7 Å². The second-order valence-electron chi connectivity index (χ2n) is 4.02. The van der Waals surface area contributed by atoms with Crippen LogP contribution in [0.3, 0.4) is 0 Å². The molecule has 0 aliphatic rings. The molecule has 2 rings (SSSR count). The predicted octanol–water partition coefficient (Wildman–Crippen LogP) is 3.19. The van der Waals surface area contributed by atoms with E-state index in [4.69, 9.17) is 0 Å². The Morgan fingerprint density at radius 2 is 1.95 bits per heavy atom. The van der Waals surface area contributed by atoms with Crippen molar-refractivity contribution in [1.29, 1.82) is 0 Å². The third kappa shape index (κ3) is 2.82. The first-order chi connectivity index (χ1) is 9.49. The van der Waals surface area contributed by atoms with Crippen molar-refractivity contribution >= 4 is 11.4 Å². The maximum absolute atomic E-state index is 13.6. The maximum Gasteiger partial charge on any atom is 0.298 e. The second-order valence-corrected chi connectivity index (χ2v) is 4.02. The van der Waals surface area contributed by atoms with E-state index in [9.17, 15) is 24.0 Å². The number of para-hydroxylation sites is 1. The lowest BCUT2D eigenvalue weighted by molar-refractivity contribution is -0.384. The number of nitro groups is 1. The molecule has 0 heterocycles. The minimum absolute atomic E-state index is 0.0230. The first-order valence-corrected chi connectivity index (χ1v) is 5.63. The van der Waals surface area contributed by atoms with Crippen LogP contribution in [0.2, 0.25) is 0 Å². The molecule has 7 heteroatoms. The van der Waals surface area contributed by atoms with Crippen molar-refractivity contribution in [2.75, 3.05) is 5.32 Å². The van der Waals surface area contributed by atoms with E-state index in [0.717, 1.165) is 0 Å². The van der Waals surface area contributed by atoms with Gasteiger partial charge in [-0.05, 0) is 6.07 Å². The molecule has 0 aromatic heterocycles. The van der Waals surface area contributed by atoms with Crippen LogP contribution in [0.1, 0.15) is 5.56 Å². The molecule has 0 amide bonds. The summed E-state index contributed by atoms with van der Waals surface area (Å²) in [5, 5.41) is 22.8. The number of nitro benzene ring substituents is 1. The second kappa shape index (κ2) is 5.52. The molecule has 2 aromatic rings. The van der Waals surface area contributed by atoms with E-state index in [1.54, 1.807) is 18.2 Å². The number of nitrogens with zero attached hydrogens (tertiary/aromatic N) is 1. The molecule has 0 atom stereocenters. The molecule has 0 fully saturated rings. The van der Waals surface area contributed by atoms with Crippen LogP contribution in [0.4, 0.5) is 20.2 Å². The third-order valence-corrected chi connectivity index (χ3v) is 2.68. The minimum atomic E-state index is -1.06. The summed E-state index contributed by atoms with van der Waals surface area (Å²) in [6.07, 6.45) is 0. The van der Waals surface area contributed by atoms with E-state index >= 15 is 0 Å². The summed E-state index contributed by atoms with van der Waals surface area (Å²) in [5.74, 6) is -2.11. The Hall–Kier alpha value is -2.70. The number of nitrogens with one attached hydrogen (secondary N) is 1. The SMILES string of the molecule is O=[N+]([O-])c1cc(F)cc(F)c1NCc1ccccc1O. The van der Waals surface area contributed by atoms with Crippen molar-refractivity contribution in [2.45, 2.75) is 6.54 Å². The topological polar surface area (TPSA) is 75.4 Å². The summed E-state index contributed by atoms with van der Waals surface area (Å²) in [4.78, 5) is 9.91. The van der Waals surface area contributed by atoms with E-state index in [-0.39, 0.29) is 12.3 Å². The molecule has 0 saturated heterocycles. The van der Waals surface area contributed by atoms with Gasteiger partial charge < -0.3 is 10.4 Å². The Morgan fingerprint density at radius 1 is 1.25 bits per heavy atom. The summed E-state index contributed by atoms with van der Waals surface area (Å²) in [6.45, 7) is -0.0317. The Kier molecular flexibility index (Phi) is 3.79. The first kappa shape index (κ1) is 13.7. The summed E-state index contributed by atoms with van der Waals surface area (Å²) in [7, 11) is 0. The van der Waals surface area contributed by atoms with Crippen LogP contribution in [0, 0.1) is 21.7 Å². The van der Waals surface area contributed by atoms with Gasteiger partial charge in [-0.3, -0.25) is 10.1 Å². The Balaban J connectivity index is 2.30. The molecule has 5 nitrogen and oxygen atoms in total. The lowest BCUT2D eigenvalue weighted by Gasteiger charge is -2.09. The van der Waals surface area contributed by atoms with E-state index in [1.807, 2.05) is 0 Å². The van der Waals surface area contributed by atoms with Gasteiger partial charge in [-0.1, -0.05) is 18.2 Å². The van der Waals surface area contributed by atoms with E-state index in [1.165, 1.54) is 6.07 Å². The van der Waals surface area contributed by atoms with Gasteiger partial charge in [-0.25, -0.2) is 8.78 Å². The van der Waals surface area contributed by atoms with Crippen molar-refractivity contribution < 1.29 is 18.8 Å². The summed E-state index contributed by atoms with van der Waals surface area (Å²) in [6, 6.07) is 7.48. The van der Waals surface area contributed by atoms with Crippen molar-refractivity contribution in [3.63, 3.8) is 0 Å². The molecule has 0 unspecified atom stereocenters. The van der Waals surface area contributed by atoms with Gasteiger partial charge in [0.15, 0.2) is 5.82 Å². The number of hydrogen-bond donors (Lipinski definition) is 2. The molecule has 0 saturated carbocycles. The maximum atomic E-state index is 13.6. The molecule has 104 valence electrons. The lowest BCUT2D eigenvalue weighted by atomic mass is 10.2. The molecule has 20 heavy (non-hydrogen) atoms. The first-order valence-electron chi connectivity index (χ1n) is 5.63. The number of halogens is 2. The summed E-state index contributed by atoms with van der Waals surface area (Å²) in [5.41, 5.74) is -0.678. The number of aromatic hydroxyl groups is 1. The van der Waals surface area contributed by atoms with Crippen LogP contribution in [0.15, 0.2) is 36.4 Å². The molecule has 0 spiro atoms. The smallest absolute Gasteiger partial charge is 0.298 e. The van der Waals surface area contributed by atoms with Crippen LogP contribution in [-0.4, -0.2) is 10.0 Å².